The maximum Gasteiger partial charge on any atom is 0.251 e. The molecule has 0 saturated heterocycles. The van der Waals surface area contributed by atoms with Gasteiger partial charge in [-0.3, -0.25) is 4.79 Å². The molecule has 0 heterocycles. The van der Waals surface area contributed by atoms with Gasteiger partial charge in [-0.1, -0.05) is 6.07 Å². The molecular weight excluding hydrogens is 202 g/mol. The van der Waals surface area contributed by atoms with E-state index in [1.54, 1.807) is 0 Å². The Morgan fingerprint density at radius 1 is 1.38 bits per heavy atom. The quantitative estimate of drug-likeness (QED) is 0.814. The number of aryl methyl sites for hydroxylation is 2. The number of hydrogen-bond donors (Lipinski definition) is 2. The van der Waals surface area contributed by atoms with Gasteiger partial charge in [-0.15, -0.1) is 0 Å². The summed E-state index contributed by atoms with van der Waals surface area (Å²) in [7, 11) is 0. The molecule has 0 aliphatic carbocycles. The van der Waals surface area contributed by atoms with E-state index >= 15 is 0 Å². The Balaban J connectivity index is 2.69. The van der Waals surface area contributed by atoms with Crippen LogP contribution in [-0.2, 0) is 0 Å². The van der Waals surface area contributed by atoms with Crippen LogP contribution in [0.4, 0.5) is 0 Å². The van der Waals surface area contributed by atoms with E-state index in [2.05, 4.69) is 5.32 Å². The van der Waals surface area contributed by atoms with E-state index in [1.807, 2.05) is 39.0 Å². The maximum atomic E-state index is 11.8. The van der Waals surface area contributed by atoms with Crippen LogP contribution < -0.4 is 5.32 Å². The molecule has 1 atom stereocenters. The number of carbonyl (C=O) groups excluding carboxylic acids is 1. The van der Waals surface area contributed by atoms with E-state index in [0.29, 0.717) is 12.0 Å². The zero-order valence-electron chi connectivity index (χ0n) is 10.1. The largest absolute Gasteiger partial charge is 0.396 e. The zero-order chi connectivity index (χ0) is 12.1. The Bertz CT molecular complexity index is 374. The summed E-state index contributed by atoms with van der Waals surface area (Å²) in [5, 5.41) is 11.6. The lowest BCUT2D eigenvalue weighted by molar-refractivity contribution is 0.0934. The Hall–Kier alpha value is -1.35. The summed E-state index contributed by atoms with van der Waals surface area (Å²) >= 11 is 0. The molecular formula is C13H19NO2. The summed E-state index contributed by atoms with van der Waals surface area (Å²) in [5.41, 5.74) is 2.97. The number of hydrogen-bond acceptors (Lipinski definition) is 2. The molecule has 1 amide bonds. The number of nitrogens with one attached hydrogen (secondary N) is 1. The number of aliphatic hydroxyl groups excluding tert-OH is 1. The van der Waals surface area contributed by atoms with Gasteiger partial charge in [0.2, 0.25) is 0 Å². The number of benzene rings is 1. The van der Waals surface area contributed by atoms with E-state index in [-0.39, 0.29) is 18.6 Å². The summed E-state index contributed by atoms with van der Waals surface area (Å²) in [4.78, 5) is 11.8. The molecule has 0 aliphatic rings. The minimum Gasteiger partial charge on any atom is -0.396 e. The van der Waals surface area contributed by atoms with Gasteiger partial charge in [-0.05, 0) is 50.5 Å². The zero-order valence-corrected chi connectivity index (χ0v) is 10.1. The van der Waals surface area contributed by atoms with Crippen LogP contribution in [0.1, 0.15) is 34.8 Å². The summed E-state index contributed by atoms with van der Waals surface area (Å²) in [5.74, 6) is -0.0796. The average molecular weight is 221 g/mol. The standard InChI is InChI=1S/C13H19NO2/c1-9-4-5-12(8-10(9)2)13(16)14-11(3)6-7-15/h4-5,8,11,15H,6-7H2,1-3H3,(H,14,16). The highest BCUT2D eigenvalue weighted by Gasteiger charge is 2.09. The van der Waals surface area contributed by atoms with Crippen LogP contribution in [0.3, 0.4) is 0 Å². The first-order chi connectivity index (χ1) is 7.54. The normalized spacial score (nSPS) is 12.2. The van der Waals surface area contributed by atoms with Crippen molar-refractivity contribution in [3.05, 3.63) is 34.9 Å². The fourth-order valence-corrected chi connectivity index (χ4v) is 1.46. The average Bonchev–Trinajstić information content (AvgIpc) is 2.22. The van der Waals surface area contributed by atoms with Crippen molar-refractivity contribution in [2.45, 2.75) is 33.2 Å². The van der Waals surface area contributed by atoms with Crippen molar-refractivity contribution in [1.82, 2.24) is 5.32 Å². The molecule has 3 nitrogen and oxygen atoms in total. The van der Waals surface area contributed by atoms with Gasteiger partial charge in [0.05, 0.1) is 0 Å². The Morgan fingerprint density at radius 2 is 2.06 bits per heavy atom. The molecule has 2 N–H and O–H groups in total. The van der Waals surface area contributed by atoms with Crippen LogP contribution in [0, 0.1) is 13.8 Å². The maximum absolute atomic E-state index is 11.8. The Labute approximate surface area is 96.5 Å². The molecule has 0 radical (unpaired) electrons. The first-order valence-electron chi connectivity index (χ1n) is 5.53. The van der Waals surface area contributed by atoms with Crippen LogP contribution in [-0.4, -0.2) is 23.7 Å². The van der Waals surface area contributed by atoms with Crippen LogP contribution in [0.2, 0.25) is 0 Å². The number of aliphatic hydroxyl groups is 1. The molecule has 0 aliphatic heterocycles. The van der Waals surface area contributed by atoms with Gasteiger partial charge in [-0.25, -0.2) is 0 Å². The van der Waals surface area contributed by atoms with E-state index in [4.69, 9.17) is 5.11 Å². The van der Waals surface area contributed by atoms with Crippen molar-refractivity contribution in [3.63, 3.8) is 0 Å². The molecule has 3 heteroatoms. The number of rotatable bonds is 4. The summed E-state index contributed by atoms with van der Waals surface area (Å²) < 4.78 is 0. The van der Waals surface area contributed by atoms with E-state index in [9.17, 15) is 4.79 Å². The molecule has 1 aromatic carbocycles. The van der Waals surface area contributed by atoms with Crippen molar-refractivity contribution < 1.29 is 9.90 Å². The van der Waals surface area contributed by atoms with Gasteiger partial charge in [0, 0.05) is 18.2 Å². The van der Waals surface area contributed by atoms with Crippen LogP contribution in [0.15, 0.2) is 18.2 Å². The molecule has 0 fully saturated rings. The highest BCUT2D eigenvalue weighted by Crippen LogP contribution is 2.10. The monoisotopic (exact) mass is 221 g/mol. The summed E-state index contributed by atoms with van der Waals surface area (Å²) in [6.07, 6.45) is 0.580. The molecule has 0 saturated carbocycles. The van der Waals surface area contributed by atoms with Gasteiger partial charge >= 0.3 is 0 Å². The van der Waals surface area contributed by atoms with Crippen molar-refractivity contribution in [2.75, 3.05) is 6.61 Å². The van der Waals surface area contributed by atoms with E-state index in [1.165, 1.54) is 5.56 Å². The highest BCUT2D eigenvalue weighted by molar-refractivity contribution is 5.94. The lowest BCUT2D eigenvalue weighted by Gasteiger charge is -2.13. The van der Waals surface area contributed by atoms with Crippen LogP contribution in [0.5, 0.6) is 0 Å². The SMILES string of the molecule is Cc1ccc(C(=O)NC(C)CCO)cc1C. The molecule has 0 aromatic heterocycles. The fraction of sp³-hybridized carbons (Fsp3) is 0.462. The third kappa shape index (κ3) is 3.35. The summed E-state index contributed by atoms with van der Waals surface area (Å²) in [6.45, 7) is 5.98. The van der Waals surface area contributed by atoms with Crippen molar-refractivity contribution in [3.8, 4) is 0 Å². The predicted molar refractivity (Wildman–Crippen MR) is 64.5 cm³/mol. The van der Waals surface area contributed by atoms with E-state index in [0.717, 1.165) is 5.56 Å². The topological polar surface area (TPSA) is 49.3 Å². The Kier molecular flexibility index (Phi) is 4.50. The van der Waals surface area contributed by atoms with Gasteiger partial charge in [-0.2, -0.15) is 0 Å². The lowest BCUT2D eigenvalue weighted by Crippen LogP contribution is -2.33. The predicted octanol–water partition coefficient (Wildman–Crippen LogP) is 1.80. The second kappa shape index (κ2) is 5.66. The molecule has 0 spiro atoms. The smallest absolute Gasteiger partial charge is 0.251 e. The van der Waals surface area contributed by atoms with Crippen LogP contribution in [0.25, 0.3) is 0 Å². The van der Waals surface area contributed by atoms with Crippen molar-refractivity contribution in [1.29, 1.82) is 0 Å². The van der Waals surface area contributed by atoms with Gasteiger partial charge in [0.15, 0.2) is 0 Å². The fourth-order valence-electron chi connectivity index (χ4n) is 1.46. The van der Waals surface area contributed by atoms with Crippen LogP contribution >= 0.6 is 0 Å². The molecule has 16 heavy (non-hydrogen) atoms. The van der Waals surface area contributed by atoms with E-state index < -0.39 is 0 Å². The Morgan fingerprint density at radius 3 is 2.62 bits per heavy atom. The second-order valence-electron chi connectivity index (χ2n) is 4.19. The molecule has 1 rings (SSSR count). The number of carbonyl (C=O) groups is 1. The highest BCUT2D eigenvalue weighted by atomic mass is 16.3. The minimum absolute atomic E-state index is 0.000825. The summed E-state index contributed by atoms with van der Waals surface area (Å²) in [6, 6.07) is 5.65. The first kappa shape index (κ1) is 12.7. The molecule has 0 bridgehead atoms. The van der Waals surface area contributed by atoms with Crippen molar-refractivity contribution >= 4 is 5.91 Å². The third-order valence-corrected chi connectivity index (χ3v) is 2.71. The van der Waals surface area contributed by atoms with Crippen molar-refractivity contribution in [2.24, 2.45) is 0 Å². The molecule has 1 unspecified atom stereocenters. The molecule has 88 valence electrons. The van der Waals surface area contributed by atoms with Gasteiger partial charge in [0.25, 0.3) is 5.91 Å². The number of amides is 1. The third-order valence-electron chi connectivity index (χ3n) is 2.71. The second-order valence-corrected chi connectivity index (χ2v) is 4.19. The molecule has 1 aromatic rings. The lowest BCUT2D eigenvalue weighted by atomic mass is 10.1. The van der Waals surface area contributed by atoms with Gasteiger partial charge < -0.3 is 10.4 Å². The van der Waals surface area contributed by atoms with Gasteiger partial charge in [0.1, 0.15) is 0 Å². The minimum atomic E-state index is -0.0796. The first-order valence-corrected chi connectivity index (χ1v) is 5.53.